The lowest BCUT2D eigenvalue weighted by Crippen LogP contribution is -2.47. The third kappa shape index (κ3) is 3.86. The number of imidazole rings is 1. The molecule has 0 saturated carbocycles. The van der Waals surface area contributed by atoms with Crippen molar-refractivity contribution in [1.29, 1.82) is 0 Å². The highest BCUT2D eigenvalue weighted by atomic mass is 19.4. The molecular weight excluding hydrogens is 377 g/mol. The molecule has 2 heterocycles. The molecule has 2 atom stereocenters. The van der Waals surface area contributed by atoms with Crippen LogP contribution in [0, 0.1) is 0 Å². The number of carbonyl (C=O) groups excluding carboxylic acids is 1. The van der Waals surface area contributed by atoms with Gasteiger partial charge in [-0.3, -0.25) is 4.79 Å². The van der Waals surface area contributed by atoms with Gasteiger partial charge in [0.15, 0.2) is 6.10 Å². The summed E-state index contributed by atoms with van der Waals surface area (Å²) in [4.78, 5) is 21.0. The fourth-order valence-corrected chi connectivity index (χ4v) is 2.96. The van der Waals surface area contributed by atoms with Crippen LogP contribution in [-0.2, 0) is 22.3 Å². The summed E-state index contributed by atoms with van der Waals surface area (Å²) in [7, 11) is 1.35. The average molecular weight is 396 g/mol. The van der Waals surface area contributed by atoms with Crippen molar-refractivity contribution < 1.29 is 27.9 Å². The van der Waals surface area contributed by atoms with Crippen molar-refractivity contribution >= 4 is 11.6 Å². The zero-order valence-electron chi connectivity index (χ0n) is 15.0. The Bertz CT molecular complexity index is 866. The van der Waals surface area contributed by atoms with Gasteiger partial charge in [0, 0.05) is 38.8 Å². The quantitative estimate of drug-likeness (QED) is 0.784. The Kier molecular flexibility index (Phi) is 5.41. The van der Waals surface area contributed by atoms with Gasteiger partial charge in [-0.25, -0.2) is 4.98 Å². The monoisotopic (exact) mass is 396 g/mol. The summed E-state index contributed by atoms with van der Waals surface area (Å²) in [5.74, 6) is -1.18. The van der Waals surface area contributed by atoms with Gasteiger partial charge in [0.2, 0.25) is 5.60 Å². The summed E-state index contributed by atoms with van der Waals surface area (Å²) in [6.07, 6.45) is -3.48. The fourth-order valence-electron chi connectivity index (χ4n) is 2.96. The number of alkyl halides is 3. The number of aliphatic hydroxyl groups is 1. The van der Waals surface area contributed by atoms with E-state index in [0.29, 0.717) is 0 Å². The van der Waals surface area contributed by atoms with E-state index in [4.69, 9.17) is 4.84 Å². The third-order valence-corrected chi connectivity index (χ3v) is 4.53. The van der Waals surface area contributed by atoms with Gasteiger partial charge in [-0.1, -0.05) is 35.5 Å². The molecule has 28 heavy (non-hydrogen) atoms. The van der Waals surface area contributed by atoms with Crippen molar-refractivity contribution in [2.75, 3.05) is 6.54 Å². The predicted molar refractivity (Wildman–Crippen MR) is 93.1 cm³/mol. The van der Waals surface area contributed by atoms with Crippen LogP contribution in [0.15, 0.2) is 47.9 Å². The van der Waals surface area contributed by atoms with Gasteiger partial charge in [0.25, 0.3) is 5.91 Å². The van der Waals surface area contributed by atoms with Crippen molar-refractivity contribution in [2.24, 2.45) is 12.2 Å². The van der Waals surface area contributed by atoms with Crippen LogP contribution < -0.4 is 5.32 Å². The van der Waals surface area contributed by atoms with Crippen LogP contribution in [0.5, 0.6) is 0 Å². The molecule has 1 amide bonds. The second-order valence-corrected chi connectivity index (χ2v) is 6.47. The minimum absolute atomic E-state index is 0.0846. The van der Waals surface area contributed by atoms with E-state index >= 15 is 0 Å². The van der Waals surface area contributed by atoms with E-state index in [-0.39, 0.29) is 12.1 Å². The molecule has 0 saturated heterocycles. The number of rotatable bonds is 6. The van der Waals surface area contributed by atoms with Crippen molar-refractivity contribution in [2.45, 2.75) is 30.7 Å². The van der Waals surface area contributed by atoms with Crippen LogP contribution in [0.1, 0.15) is 30.3 Å². The van der Waals surface area contributed by atoms with Crippen LogP contribution in [0.3, 0.4) is 0 Å². The normalized spacial score (nSPS) is 18.9. The van der Waals surface area contributed by atoms with Crippen molar-refractivity contribution in [1.82, 2.24) is 14.9 Å². The number of amides is 1. The molecule has 0 spiro atoms. The Morgan fingerprint density at radius 3 is 2.68 bits per heavy atom. The van der Waals surface area contributed by atoms with Crippen LogP contribution in [0.2, 0.25) is 0 Å². The largest absolute Gasteiger partial charge is 0.424 e. The van der Waals surface area contributed by atoms with Gasteiger partial charge in [0.05, 0.1) is 0 Å². The van der Waals surface area contributed by atoms with Gasteiger partial charge in [0.1, 0.15) is 11.5 Å². The maximum Gasteiger partial charge on any atom is 0.424 e. The maximum atomic E-state index is 13.5. The van der Waals surface area contributed by atoms with Gasteiger partial charge < -0.3 is 19.8 Å². The van der Waals surface area contributed by atoms with Crippen molar-refractivity contribution in [3.8, 4) is 0 Å². The second-order valence-electron chi connectivity index (χ2n) is 6.47. The minimum atomic E-state index is -4.96. The Balaban J connectivity index is 1.59. The zero-order valence-corrected chi connectivity index (χ0v) is 15.0. The van der Waals surface area contributed by atoms with E-state index in [9.17, 15) is 23.1 Å². The second kappa shape index (κ2) is 7.63. The van der Waals surface area contributed by atoms with Crippen LogP contribution >= 0.6 is 0 Å². The summed E-state index contributed by atoms with van der Waals surface area (Å²) in [5, 5.41) is 16.3. The topological polar surface area (TPSA) is 88.7 Å². The molecule has 2 unspecified atom stereocenters. The first-order chi connectivity index (χ1) is 13.2. The van der Waals surface area contributed by atoms with Gasteiger partial charge >= 0.3 is 6.18 Å². The number of nitrogens with zero attached hydrogens (tertiary/aromatic N) is 3. The van der Waals surface area contributed by atoms with E-state index in [1.54, 1.807) is 0 Å². The number of aryl methyl sites for hydroxylation is 1. The van der Waals surface area contributed by atoms with Gasteiger partial charge in [-0.05, 0) is 5.56 Å². The Morgan fingerprint density at radius 2 is 2.07 bits per heavy atom. The lowest BCUT2D eigenvalue weighted by atomic mass is 9.97. The fraction of sp³-hybridized carbons (Fsp3) is 0.389. The molecule has 0 fully saturated rings. The highest BCUT2D eigenvalue weighted by molar-refractivity contribution is 6.39. The molecule has 1 aliphatic rings. The summed E-state index contributed by atoms with van der Waals surface area (Å²) in [5.41, 5.74) is -2.25. The van der Waals surface area contributed by atoms with Gasteiger partial charge in [-0.2, -0.15) is 13.2 Å². The highest BCUT2D eigenvalue weighted by Crippen LogP contribution is 2.40. The number of oxime groups is 1. The number of nitrogens with one attached hydrogen (secondary N) is 1. The Labute approximate surface area is 158 Å². The number of benzene rings is 1. The molecule has 1 aromatic heterocycles. The Morgan fingerprint density at radius 1 is 1.36 bits per heavy atom. The molecule has 0 bridgehead atoms. The molecule has 0 aliphatic carbocycles. The number of halogens is 3. The van der Waals surface area contributed by atoms with E-state index < -0.39 is 42.6 Å². The van der Waals surface area contributed by atoms with Crippen molar-refractivity contribution in [3.63, 3.8) is 0 Å². The molecule has 2 aromatic rings. The first-order valence-electron chi connectivity index (χ1n) is 8.55. The first kappa shape index (κ1) is 19.9. The molecule has 7 nitrogen and oxygen atoms in total. The molecule has 150 valence electrons. The van der Waals surface area contributed by atoms with E-state index in [1.807, 2.05) is 30.3 Å². The number of aromatic nitrogens is 2. The zero-order chi connectivity index (χ0) is 20.4. The summed E-state index contributed by atoms with van der Waals surface area (Å²) in [6.45, 7) is -0.420. The maximum absolute atomic E-state index is 13.5. The van der Waals surface area contributed by atoms with Crippen molar-refractivity contribution in [3.05, 3.63) is 54.1 Å². The van der Waals surface area contributed by atoms with Gasteiger partial charge in [-0.15, -0.1) is 0 Å². The molecule has 1 aliphatic heterocycles. The number of hydrogen-bond donors (Lipinski definition) is 2. The molecule has 2 N–H and O–H groups in total. The van der Waals surface area contributed by atoms with E-state index in [0.717, 1.165) is 10.1 Å². The number of carbonyl (C=O) groups is 1. The third-order valence-electron chi connectivity index (χ3n) is 4.53. The Hall–Kier alpha value is -2.88. The van der Waals surface area contributed by atoms with Crippen LogP contribution in [0.4, 0.5) is 13.2 Å². The molecule has 0 radical (unpaired) electrons. The predicted octanol–water partition coefficient (Wildman–Crippen LogP) is 2.19. The average Bonchev–Trinajstić information content (AvgIpc) is 3.30. The molecule has 3 rings (SSSR count). The summed E-state index contributed by atoms with van der Waals surface area (Å²) < 4.78 is 41.4. The SMILES string of the molecule is Cn1ccnc1C(O)(CCNC(=O)C1=NOC(c2ccccc2)C1)C(F)(F)F. The van der Waals surface area contributed by atoms with Crippen LogP contribution in [0.25, 0.3) is 0 Å². The van der Waals surface area contributed by atoms with E-state index in [2.05, 4.69) is 15.5 Å². The van der Waals surface area contributed by atoms with Crippen LogP contribution in [-0.4, -0.2) is 39.0 Å². The van der Waals surface area contributed by atoms with E-state index in [1.165, 1.54) is 19.4 Å². The summed E-state index contributed by atoms with van der Waals surface area (Å²) in [6, 6.07) is 9.16. The smallest absolute Gasteiger partial charge is 0.387 e. The molecular formula is C18H19F3N4O3. The number of hydrogen-bond acceptors (Lipinski definition) is 5. The standard InChI is InChI=1S/C18H19F3N4O3/c1-25-10-9-23-16(25)17(27,18(19,20)21)7-8-22-15(26)13-11-14(28-24-13)12-5-3-2-4-6-12/h2-6,9-10,14,27H,7-8,11H2,1H3,(H,22,26). The molecule has 1 aromatic carbocycles. The first-order valence-corrected chi connectivity index (χ1v) is 8.55. The highest BCUT2D eigenvalue weighted by Gasteiger charge is 2.57. The molecule has 10 heteroatoms. The lowest BCUT2D eigenvalue weighted by molar-refractivity contribution is -0.272. The lowest BCUT2D eigenvalue weighted by Gasteiger charge is -2.29. The minimum Gasteiger partial charge on any atom is -0.387 e. The summed E-state index contributed by atoms with van der Waals surface area (Å²) >= 11 is 0.